The lowest BCUT2D eigenvalue weighted by Gasteiger charge is -2.27. The first-order valence-electron chi connectivity index (χ1n) is 9.16. The summed E-state index contributed by atoms with van der Waals surface area (Å²) in [5.41, 5.74) is 6.44. The van der Waals surface area contributed by atoms with Gasteiger partial charge < -0.3 is 20.3 Å². The van der Waals surface area contributed by atoms with E-state index in [2.05, 4.69) is 9.98 Å². The van der Waals surface area contributed by atoms with Gasteiger partial charge in [-0.05, 0) is 51.7 Å². The Kier molecular flexibility index (Phi) is 6.83. The van der Waals surface area contributed by atoms with E-state index in [9.17, 15) is 4.79 Å². The molecule has 0 unspecified atom stereocenters. The lowest BCUT2D eigenvalue weighted by atomic mass is 10.2. The summed E-state index contributed by atoms with van der Waals surface area (Å²) in [6.07, 6.45) is 6.24. The molecule has 1 amide bonds. The number of aromatic nitrogens is 1. The fourth-order valence-corrected chi connectivity index (χ4v) is 2.49. The third-order valence-corrected chi connectivity index (χ3v) is 4.06. The molecule has 1 aliphatic carbocycles. The lowest BCUT2D eigenvalue weighted by molar-refractivity contribution is 0.0232. The SMILES string of the molecule is CN(C(N)=NCCCN(Cc1cccnc1)C(=O)OC(C)(C)C)C1CC1. The van der Waals surface area contributed by atoms with Crippen molar-refractivity contribution in [3.63, 3.8) is 0 Å². The molecular formula is C19H31N5O2. The zero-order valence-corrected chi connectivity index (χ0v) is 16.3. The molecular weight excluding hydrogens is 330 g/mol. The van der Waals surface area contributed by atoms with Crippen molar-refractivity contribution in [1.82, 2.24) is 14.8 Å². The van der Waals surface area contributed by atoms with Crippen LogP contribution < -0.4 is 5.73 Å². The first kappa shape index (κ1) is 20.0. The van der Waals surface area contributed by atoms with E-state index in [1.165, 1.54) is 12.8 Å². The van der Waals surface area contributed by atoms with Crippen molar-refractivity contribution in [2.75, 3.05) is 20.1 Å². The van der Waals surface area contributed by atoms with Crippen molar-refractivity contribution < 1.29 is 9.53 Å². The molecule has 7 nitrogen and oxygen atoms in total. The van der Waals surface area contributed by atoms with Crippen LogP contribution in [0, 0.1) is 0 Å². The van der Waals surface area contributed by atoms with Gasteiger partial charge in [-0.2, -0.15) is 0 Å². The van der Waals surface area contributed by atoms with Crippen molar-refractivity contribution >= 4 is 12.1 Å². The van der Waals surface area contributed by atoms with E-state index < -0.39 is 5.60 Å². The van der Waals surface area contributed by atoms with Crippen molar-refractivity contribution in [3.05, 3.63) is 30.1 Å². The maximum atomic E-state index is 12.5. The van der Waals surface area contributed by atoms with Gasteiger partial charge >= 0.3 is 6.09 Å². The molecule has 1 heterocycles. The van der Waals surface area contributed by atoms with E-state index in [0.717, 1.165) is 12.0 Å². The molecule has 0 spiro atoms. The summed E-state index contributed by atoms with van der Waals surface area (Å²) < 4.78 is 5.53. The van der Waals surface area contributed by atoms with Gasteiger partial charge in [-0.1, -0.05) is 6.07 Å². The van der Waals surface area contributed by atoms with E-state index in [4.69, 9.17) is 10.5 Å². The van der Waals surface area contributed by atoms with Gasteiger partial charge in [-0.3, -0.25) is 9.98 Å². The minimum absolute atomic E-state index is 0.326. The van der Waals surface area contributed by atoms with Gasteiger partial charge in [0.05, 0.1) is 6.54 Å². The summed E-state index contributed by atoms with van der Waals surface area (Å²) in [6, 6.07) is 4.36. The van der Waals surface area contributed by atoms with Gasteiger partial charge in [0, 0.05) is 38.6 Å². The summed E-state index contributed by atoms with van der Waals surface area (Å²) in [7, 11) is 1.98. The normalized spacial score (nSPS) is 14.8. The summed E-state index contributed by atoms with van der Waals surface area (Å²) in [5.74, 6) is 0.573. The van der Waals surface area contributed by atoms with Crippen molar-refractivity contribution in [3.8, 4) is 0 Å². The van der Waals surface area contributed by atoms with Crippen molar-refractivity contribution in [2.24, 2.45) is 10.7 Å². The average Bonchev–Trinajstić information content (AvgIpc) is 3.41. The van der Waals surface area contributed by atoms with E-state index in [0.29, 0.717) is 31.6 Å². The number of aliphatic imine (C=N–C) groups is 1. The van der Waals surface area contributed by atoms with Crippen LogP contribution in [0.3, 0.4) is 0 Å². The van der Waals surface area contributed by atoms with Crippen LogP contribution in [0.4, 0.5) is 4.79 Å². The molecule has 0 atom stereocenters. The van der Waals surface area contributed by atoms with Gasteiger partial charge in [0.25, 0.3) is 0 Å². The molecule has 1 aromatic heterocycles. The van der Waals surface area contributed by atoms with E-state index in [1.54, 1.807) is 17.3 Å². The van der Waals surface area contributed by atoms with Crippen LogP contribution in [0.2, 0.25) is 0 Å². The van der Waals surface area contributed by atoms with Crippen LogP contribution in [0.25, 0.3) is 0 Å². The zero-order valence-electron chi connectivity index (χ0n) is 16.3. The Hall–Kier alpha value is -2.31. The number of guanidine groups is 1. The maximum Gasteiger partial charge on any atom is 0.410 e. The first-order chi connectivity index (χ1) is 12.3. The molecule has 0 bridgehead atoms. The lowest BCUT2D eigenvalue weighted by Crippen LogP contribution is -2.38. The molecule has 1 aromatic rings. The second kappa shape index (κ2) is 8.87. The van der Waals surface area contributed by atoms with Crippen LogP contribution in [0.15, 0.2) is 29.5 Å². The number of ether oxygens (including phenoxy) is 1. The van der Waals surface area contributed by atoms with Crippen LogP contribution >= 0.6 is 0 Å². The van der Waals surface area contributed by atoms with Gasteiger partial charge in [-0.25, -0.2) is 4.79 Å². The summed E-state index contributed by atoms with van der Waals surface area (Å²) in [6.45, 7) is 7.19. The zero-order chi connectivity index (χ0) is 19.2. The fraction of sp³-hybridized carbons (Fsp3) is 0.632. The third-order valence-electron chi connectivity index (χ3n) is 4.06. The summed E-state index contributed by atoms with van der Waals surface area (Å²) in [5, 5.41) is 0. The molecule has 1 saturated carbocycles. The highest BCUT2D eigenvalue weighted by Gasteiger charge is 2.27. The van der Waals surface area contributed by atoms with Crippen LogP contribution in [0.5, 0.6) is 0 Å². The highest BCUT2D eigenvalue weighted by Crippen LogP contribution is 2.24. The Morgan fingerprint density at radius 2 is 2.15 bits per heavy atom. The smallest absolute Gasteiger partial charge is 0.410 e. The molecule has 26 heavy (non-hydrogen) atoms. The Balaban J connectivity index is 1.90. The average molecular weight is 361 g/mol. The van der Waals surface area contributed by atoms with Crippen molar-refractivity contribution in [1.29, 1.82) is 0 Å². The Morgan fingerprint density at radius 1 is 1.42 bits per heavy atom. The van der Waals surface area contributed by atoms with Crippen LogP contribution in [0.1, 0.15) is 45.6 Å². The number of carbonyl (C=O) groups excluding carboxylic acids is 1. The molecule has 144 valence electrons. The minimum Gasteiger partial charge on any atom is -0.444 e. The standard InChI is InChI=1S/C19H31N5O2/c1-19(2,3)26-18(25)24(14-15-7-5-10-21-13-15)12-6-11-22-17(20)23(4)16-8-9-16/h5,7,10,13,16H,6,8-9,11-12,14H2,1-4H3,(H2,20,22). The van der Waals surface area contributed by atoms with Crippen LogP contribution in [-0.4, -0.2) is 58.6 Å². The number of rotatable bonds is 7. The van der Waals surface area contributed by atoms with Crippen molar-refractivity contribution in [2.45, 2.75) is 58.2 Å². The van der Waals surface area contributed by atoms with E-state index in [-0.39, 0.29) is 6.09 Å². The number of hydrogen-bond donors (Lipinski definition) is 1. The van der Waals surface area contributed by atoms with Gasteiger partial charge in [0.2, 0.25) is 0 Å². The third kappa shape index (κ3) is 6.90. The fourth-order valence-electron chi connectivity index (χ4n) is 2.49. The Labute approximate surface area is 156 Å². The van der Waals surface area contributed by atoms with Crippen LogP contribution in [-0.2, 0) is 11.3 Å². The van der Waals surface area contributed by atoms with E-state index >= 15 is 0 Å². The Morgan fingerprint density at radius 3 is 2.73 bits per heavy atom. The number of pyridine rings is 1. The molecule has 1 aliphatic rings. The molecule has 0 saturated heterocycles. The summed E-state index contributed by atoms with van der Waals surface area (Å²) in [4.78, 5) is 24.8. The summed E-state index contributed by atoms with van der Waals surface area (Å²) >= 11 is 0. The number of hydrogen-bond acceptors (Lipinski definition) is 4. The largest absolute Gasteiger partial charge is 0.444 e. The molecule has 7 heteroatoms. The monoisotopic (exact) mass is 361 g/mol. The molecule has 0 aliphatic heterocycles. The first-order valence-corrected chi connectivity index (χ1v) is 9.16. The topological polar surface area (TPSA) is 84.0 Å². The quantitative estimate of drug-likeness (QED) is 0.458. The highest BCUT2D eigenvalue weighted by molar-refractivity contribution is 5.78. The predicted molar refractivity (Wildman–Crippen MR) is 103 cm³/mol. The predicted octanol–water partition coefficient (Wildman–Crippen LogP) is 2.62. The molecule has 2 N–H and O–H groups in total. The number of nitrogens with two attached hydrogens (primary N) is 1. The molecule has 1 fully saturated rings. The number of amides is 1. The second-order valence-electron chi connectivity index (χ2n) is 7.70. The second-order valence-corrected chi connectivity index (χ2v) is 7.70. The maximum absolute atomic E-state index is 12.5. The molecule has 0 aromatic carbocycles. The number of nitrogens with zero attached hydrogens (tertiary/aromatic N) is 4. The minimum atomic E-state index is -0.528. The molecule has 2 rings (SSSR count). The van der Waals surface area contributed by atoms with Gasteiger partial charge in [-0.15, -0.1) is 0 Å². The number of carbonyl (C=O) groups is 1. The van der Waals surface area contributed by atoms with Gasteiger partial charge in [0.1, 0.15) is 5.60 Å². The molecule has 0 radical (unpaired) electrons. The highest BCUT2D eigenvalue weighted by atomic mass is 16.6. The van der Waals surface area contributed by atoms with Gasteiger partial charge in [0.15, 0.2) is 5.96 Å². The Bertz CT molecular complexity index is 608. The van der Waals surface area contributed by atoms with E-state index in [1.807, 2.05) is 44.9 Å².